The van der Waals surface area contributed by atoms with Crippen molar-refractivity contribution in [2.45, 2.75) is 19.4 Å². The lowest BCUT2D eigenvalue weighted by atomic mass is 9.96. The molecule has 0 spiro atoms. The van der Waals surface area contributed by atoms with E-state index in [0.29, 0.717) is 6.54 Å². The van der Waals surface area contributed by atoms with Gasteiger partial charge in [0.2, 0.25) is 16.0 Å². The molecule has 0 unspecified atom stereocenters. The third kappa shape index (κ3) is 4.29. The number of anilines is 1. The van der Waals surface area contributed by atoms with E-state index in [-0.39, 0.29) is 17.6 Å². The first-order valence-electron chi connectivity index (χ1n) is 10.3. The van der Waals surface area contributed by atoms with E-state index in [1.807, 2.05) is 36.5 Å². The second kappa shape index (κ2) is 8.47. The molecule has 1 saturated heterocycles. The molecular weight excluding hydrogens is 413 g/mol. The van der Waals surface area contributed by atoms with Gasteiger partial charge in [-0.05, 0) is 42.7 Å². The smallest absolute Gasteiger partial charge is 0.223 e. The van der Waals surface area contributed by atoms with Crippen LogP contribution >= 0.6 is 11.3 Å². The molecule has 0 radical (unpaired) electrons. The highest BCUT2D eigenvalue weighted by atomic mass is 32.1. The summed E-state index contributed by atoms with van der Waals surface area (Å²) in [6.45, 7) is 2.16. The Kier molecular flexibility index (Phi) is 5.38. The summed E-state index contributed by atoms with van der Waals surface area (Å²) in [5.74, 6) is -0.0993. The quantitative estimate of drug-likeness (QED) is 0.512. The number of hydrogen-bond acceptors (Lipinski definition) is 5. The minimum Gasteiger partial charge on any atom is -0.352 e. The third-order valence-corrected chi connectivity index (χ3v) is 6.60. The molecule has 0 atom stereocenters. The number of halogens is 1. The molecule has 1 aliphatic rings. The zero-order chi connectivity index (χ0) is 21.2. The number of nitrogens with one attached hydrogen (secondary N) is 1. The van der Waals surface area contributed by atoms with Crippen molar-refractivity contribution in [1.82, 2.24) is 19.9 Å². The monoisotopic (exact) mass is 435 g/mol. The number of nitrogens with zero attached hydrogens (tertiary/aromatic N) is 4. The van der Waals surface area contributed by atoms with Crippen molar-refractivity contribution in [2.24, 2.45) is 5.92 Å². The number of carbonyl (C=O) groups excluding carboxylic acids is 1. The van der Waals surface area contributed by atoms with E-state index in [1.165, 1.54) is 23.5 Å². The van der Waals surface area contributed by atoms with Crippen LogP contribution in [0.4, 0.5) is 9.52 Å². The highest BCUT2D eigenvalue weighted by Gasteiger charge is 2.26. The average molecular weight is 436 g/mol. The molecule has 1 N–H and O–H groups in total. The van der Waals surface area contributed by atoms with Gasteiger partial charge in [0.15, 0.2) is 0 Å². The third-order valence-electron chi connectivity index (χ3n) is 5.62. The van der Waals surface area contributed by atoms with E-state index in [0.717, 1.165) is 52.8 Å². The summed E-state index contributed by atoms with van der Waals surface area (Å²) in [7, 11) is 0. The number of amides is 1. The second-order valence-electron chi connectivity index (χ2n) is 7.71. The van der Waals surface area contributed by atoms with Crippen molar-refractivity contribution in [1.29, 1.82) is 0 Å². The van der Waals surface area contributed by atoms with Crippen LogP contribution in [0, 0.1) is 11.7 Å². The van der Waals surface area contributed by atoms with Crippen molar-refractivity contribution in [2.75, 3.05) is 18.0 Å². The Balaban J connectivity index is 1.19. The van der Waals surface area contributed by atoms with Gasteiger partial charge in [-0.2, -0.15) is 0 Å². The standard InChI is InChI=1S/C23H22FN5OS/c24-19-8-6-17(7-9-19)20-15-29-22(26-20)31-23(27-29)28-12-10-18(11-13-28)21(30)25-14-16-4-2-1-3-5-16/h1-9,15,18H,10-14H2,(H,25,30). The molecular formula is C23H22FN5OS. The zero-order valence-electron chi connectivity index (χ0n) is 16.9. The molecule has 8 heteroatoms. The van der Waals surface area contributed by atoms with Gasteiger partial charge in [0.05, 0.1) is 11.9 Å². The van der Waals surface area contributed by atoms with Gasteiger partial charge in [0.25, 0.3) is 0 Å². The molecule has 5 rings (SSSR count). The Morgan fingerprint density at radius 1 is 1.10 bits per heavy atom. The lowest BCUT2D eigenvalue weighted by Crippen LogP contribution is -2.40. The van der Waals surface area contributed by atoms with Crippen LogP contribution in [0.5, 0.6) is 0 Å². The van der Waals surface area contributed by atoms with Crippen LogP contribution in [-0.4, -0.2) is 33.6 Å². The van der Waals surface area contributed by atoms with E-state index in [2.05, 4.69) is 20.3 Å². The molecule has 1 aliphatic heterocycles. The Hall–Kier alpha value is -3.26. The lowest BCUT2D eigenvalue weighted by Gasteiger charge is -2.30. The number of rotatable bonds is 5. The normalized spacial score (nSPS) is 14.8. The van der Waals surface area contributed by atoms with Crippen LogP contribution in [0.2, 0.25) is 0 Å². The molecule has 0 aliphatic carbocycles. The molecule has 0 bridgehead atoms. The van der Waals surface area contributed by atoms with Gasteiger partial charge in [-0.1, -0.05) is 41.7 Å². The van der Waals surface area contributed by atoms with Crippen molar-refractivity contribution in [3.8, 4) is 11.3 Å². The van der Waals surface area contributed by atoms with Crippen LogP contribution in [0.1, 0.15) is 18.4 Å². The summed E-state index contributed by atoms with van der Waals surface area (Å²) in [6, 6.07) is 16.3. The number of imidazole rings is 1. The highest BCUT2D eigenvalue weighted by molar-refractivity contribution is 7.20. The Labute approximate surface area is 183 Å². The number of benzene rings is 2. The maximum absolute atomic E-state index is 13.1. The molecule has 2 aromatic heterocycles. The maximum atomic E-state index is 13.1. The topological polar surface area (TPSA) is 62.5 Å². The van der Waals surface area contributed by atoms with Crippen LogP contribution in [0.25, 0.3) is 16.2 Å². The number of carbonyl (C=O) groups is 1. The summed E-state index contributed by atoms with van der Waals surface area (Å²) in [4.78, 5) is 20.2. The fraction of sp³-hybridized carbons (Fsp3) is 0.261. The number of fused-ring (bicyclic) bond motifs is 1. The zero-order valence-corrected chi connectivity index (χ0v) is 17.7. The van der Waals surface area contributed by atoms with Gasteiger partial charge >= 0.3 is 0 Å². The van der Waals surface area contributed by atoms with Gasteiger partial charge in [0, 0.05) is 31.1 Å². The van der Waals surface area contributed by atoms with Crippen molar-refractivity contribution in [3.05, 3.63) is 72.2 Å². The van der Waals surface area contributed by atoms with Crippen LogP contribution in [-0.2, 0) is 11.3 Å². The molecule has 31 heavy (non-hydrogen) atoms. The first-order chi connectivity index (χ1) is 15.2. The molecule has 1 amide bonds. The predicted octanol–water partition coefficient (Wildman–Crippen LogP) is 4.13. The van der Waals surface area contributed by atoms with Crippen molar-refractivity contribution < 1.29 is 9.18 Å². The SMILES string of the molecule is O=C(NCc1ccccc1)C1CCN(c2nn3cc(-c4ccc(F)cc4)nc3s2)CC1. The summed E-state index contributed by atoms with van der Waals surface area (Å²) in [5.41, 5.74) is 2.75. The molecule has 158 valence electrons. The maximum Gasteiger partial charge on any atom is 0.223 e. The summed E-state index contributed by atoms with van der Waals surface area (Å²) in [6.07, 6.45) is 3.49. The fourth-order valence-corrected chi connectivity index (χ4v) is 4.77. The van der Waals surface area contributed by atoms with Gasteiger partial charge in [-0.3, -0.25) is 4.79 Å². The largest absolute Gasteiger partial charge is 0.352 e. The van der Waals surface area contributed by atoms with Crippen molar-refractivity contribution in [3.63, 3.8) is 0 Å². The first-order valence-corrected chi connectivity index (χ1v) is 11.2. The minimum atomic E-state index is -0.262. The molecule has 1 fully saturated rings. The highest BCUT2D eigenvalue weighted by Crippen LogP contribution is 2.29. The number of piperidine rings is 1. The van der Waals surface area contributed by atoms with Crippen LogP contribution in [0.3, 0.4) is 0 Å². The Morgan fingerprint density at radius 2 is 1.84 bits per heavy atom. The molecule has 6 nitrogen and oxygen atoms in total. The second-order valence-corrected chi connectivity index (χ2v) is 8.64. The average Bonchev–Trinajstić information content (AvgIpc) is 3.38. The molecule has 2 aromatic carbocycles. The molecule has 0 saturated carbocycles. The van der Waals surface area contributed by atoms with E-state index < -0.39 is 0 Å². The van der Waals surface area contributed by atoms with E-state index >= 15 is 0 Å². The summed E-state index contributed by atoms with van der Waals surface area (Å²) < 4.78 is 14.9. The van der Waals surface area contributed by atoms with Gasteiger partial charge in [-0.25, -0.2) is 13.9 Å². The van der Waals surface area contributed by atoms with E-state index in [1.54, 1.807) is 16.6 Å². The fourth-order valence-electron chi connectivity index (χ4n) is 3.84. The predicted molar refractivity (Wildman–Crippen MR) is 119 cm³/mol. The molecule has 4 aromatic rings. The van der Waals surface area contributed by atoms with Crippen LogP contribution in [0.15, 0.2) is 60.8 Å². The first kappa shape index (κ1) is 19.7. The summed E-state index contributed by atoms with van der Waals surface area (Å²) >= 11 is 1.53. The van der Waals surface area contributed by atoms with Gasteiger partial charge in [-0.15, -0.1) is 5.10 Å². The van der Waals surface area contributed by atoms with Crippen molar-refractivity contribution >= 4 is 27.3 Å². The minimum absolute atomic E-state index is 0.0362. The van der Waals surface area contributed by atoms with E-state index in [4.69, 9.17) is 0 Å². The van der Waals surface area contributed by atoms with Gasteiger partial charge in [0.1, 0.15) is 5.82 Å². The Bertz CT molecular complexity index is 1150. The number of aromatic nitrogens is 3. The Morgan fingerprint density at radius 3 is 2.55 bits per heavy atom. The van der Waals surface area contributed by atoms with E-state index in [9.17, 15) is 9.18 Å². The summed E-state index contributed by atoms with van der Waals surface area (Å²) in [5, 5.41) is 8.64. The van der Waals surface area contributed by atoms with Gasteiger partial charge < -0.3 is 10.2 Å². The molecule has 3 heterocycles. The lowest BCUT2D eigenvalue weighted by molar-refractivity contribution is -0.125. The van der Waals surface area contributed by atoms with Crippen LogP contribution < -0.4 is 10.2 Å². The number of hydrogen-bond donors (Lipinski definition) is 1.